The maximum absolute atomic E-state index is 13.5. The van der Waals surface area contributed by atoms with Gasteiger partial charge in [-0.15, -0.1) is 13.2 Å². The Balaban J connectivity index is 3.23. The van der Waals surface area contributed by atoms with E-state index in [0.29, 0.717) is 12.1 Å². The number of alkyl halides is 3. The van der Waals surface area contributed by atoms with Gasteiger partial charge >= 0.3 is 12.3 Å². The summed E-state index contributed by atoms with van der Waals surface area (Å²) < 4.78 is 57.4. The van der Waals surface area contributed by atoms with Crippen molar-refractivity contribution in [2.24, 2.45) is 0 Å². The molecule has 0 spiro atoms. The summed E-state index contributed by atoms with van der Waals surface area (Å²) >= 11 is 0. The van der Waals surface area contributed by atoms with E-state index in [4.69, 9.17) is 5.26 Å². The zero-order valence-corrected chi connectivity index (χ0v) is 9.55. The largest absolute Gasteiger partial charge is 0.573 e. The zero-order chi connectivity index (χ0) is 14.6. The first kappa shape index (κ1) is 14.8. The van der Waals surface area contributed by atoms with E-state index in [1.165, 1.54) is 13.0 Å². The van der Waals surface area contributed by atoms with Crippen LogP contribution in [0.1, 0.15) is 22.8 Å². The first-order valence-corrected chi connectivity index (χ1v) is 4.95. The average Bonchev–Trinajstić information content (AvgIpc) is 2.25. The highest BCUT2D eigenvalue weighted by Crippen LogP contribution is 2.27. The Morgan fingerprint density at radius 1 is 1.42 bits per heavy atom. The van der Waals surface area contributed by atoms with Gasteiger partial charge in [-0.1, -0.05) is 0 Å². The van der Waals surface area contributed by atoms with Crippen LogP contribution in [0.25, 0.3) is 0 Å². The first-order valence-electron chi connectivity index (χ1n) is 4.95. The van der Waals surface area contributed by atoms with Crippen molar-refractivity contribution in [1.82, 2.24) is 0 Å². The van der Waals surface area contributed by atoms with Crippen molar-refractivity contribution in [3.05, 3.63) is 29.1 Å². The molecule has 0 amide bonds. The number of nitrogens with zero attached hydrogens (tertiary/aromatic N) is 1. The number of hydrogen-bond donors (Lipinski definition) is 0. The fourth-order valence-corrected chi connectivity index (χ4v) is 1.27. The Labute approximate surface area is 105 Å². The van der Waals surface area contributed by atoms with E-state index in [1.54, 1.807) is 0 Å². The van der Waals surface area contributed by atoms with Crippen LogP contribution in [0, 0.1) is 17.1 Å². The third-order valence-corrected chi connectivity index (χ3v) is 1.90. The maximum Gasteiger partial charge on any atom is 0.573 e. The maximum atomic E-state index is 13.5. The van der Waals surface area contributed by atoms with Crippen LogP contribution >= 0.6 is 0 Å². The molecule has 102 valence electrons. The van der Waals surface area contributed by atoms with Gasteiger partial charge in [-0.25, -0.2) is 9.18 Å². The SMILES string of the molecule is CCOC(=O)c1c(F)cc(OC(F)(F)F)cc1C#N. The van der Waals surface area contributed by atoms with E-state index in [9.17, 15) is 22.4 Å². The fraction of sp³-hybridized carbons (Fsp3) is 0.273. The Morgan fingerprint density at radius 2 is 2.05 bits per heavy atom. The van der Waals surface area contributed by atoms with E-state index in [-0.39, 0.29) is 6.61 Å². The summed E-state index contributed by atoms with van der Waals surface area (Å²) in [5.41, 5.74) is -1.32. The number of hydrogen-bond acceptors (Lipinski definition) is 4. The lowest BCUT2D eigenvalue weighted by Crippen LogP contribution is -2.18. The molecule has 0 fully saturated rings. The van der Waals surface area contributed by atoms with Crippen molar-refractivity contribution >= 4 is 5.97 Å². The summed E-state index contributed by atoms with van der Waals surface area (Å²) in [5.74, 6) is -3.37. The number of esters is 1. The molecule has 0 aliphatic heterocycles. The van der Waals surface area contributed by atoms with Crippen molar-refractivity contribution in [3.8, 4) is 11.8 Å². The molecule has 19 heavy (non-hydrogen) atoms. The summed E-state index contributed by atoms with van der Waals surface area (Å²) in [4.78, 5) is 11.4. The molecule has 0 aliphatic carbocycles. The van der Waals surface area contributed by atoms with Gasteiger partial charge < -0.3 is 9.47 Å². The number of halogens is 4. The van der Waals surface area contributed by atoms with Gasteiger partial charge in [0.25, 0.3) is 0 Å². The molecule has 0 unspecified atom stereocenters. The minimum atomic E-state index is -5.02. The molecular weight excluding hydrogens is 270 g/mol. The monoisotopic (exact) mass is 277 g/mol. The number of carbonyl (C=O) groups excluding carboxylic acids is 1. The van der Waals surface area contributed by atoms with E-state index in [0.717, 1.165) is 0 Å². The summed E-state index contributed by atoms with van der Waals surface area (Å²) in [7, 11) is 0. The lowest BCUT2D eigenvalue weighted by Gasteiger charge is -2.11. The van der Waals surface area contributed by atoms with E-state index >= 15 is 0 Å². The van der Waals surface area contributed by atoms with E-state index in [1.807, 2.05) is 0 Å². The summed E-state index contributed by atoms with van der Waals surface area (Å²) in [6.07, 6.45) is -5.02. The predicted octanol–water partition coefficient (Wildman–Crippen LogP) is 2.77. The molecule has 0 heterocycles. The second-order valence-corrected chi connectivity index (χ2v) is 3.21. The van der Waals surface area contributed by atoms with Gasteiger partial charge in [-0.3, -0.25) is 0 Å². The Bertz CT molecular complexity index is 534. The van der Waals surface area contributed by atoms with Crippen LogP contribution in [0.5, 0.6) is 5.75 Å². The summed E-state index contributed by atoms with van der Waals surface area (Å²) in [6.45, 7) is 1.40. The van der Waals surface area contributed by atoms with Crippen LogP contribution in [0.2, 0.25) is 0 Å². The molecule has 4 nitrogen and oxygen atoms in total. The molecule has 0 radical (unpaired) electrons. The molecule has 0 saturated heterocycles. The molecule has 0 atom stereocenters. The highest BCUT2D eigenvalue weighted by Gasteiger charge is 2.32. The number of carbonyl (C=O) groups is 1. The third-order valence-electron chi connectivity index (χ3n) is 1.90. The molecule has 0 N–H and O–H groups in total. The minimum absolute atomic E-state index is 0.0655. The number of ether oxygens (including phenoxy) is 2. The second-order valence-electron chi connectivity index (χ2n) is 3.21. The zero-order valence-electron chi connectivity index (χ0n) is 9.55. The van der Waals surface area contributed by atoms with Gasteiger partial charge in [0.2, 0.25) is 0 Å². The van der Waals surface area contributed by atoms with Crippen molar-refractivity contribution in [1.29, 1.82) is 5.26 Å². The summed E-state index contributed by atoms with van der Waals surface area (Å²) in [6, 6.07) is 2.39. The van der Waals surface area contributed by atoms with Crippen LogP contribution in [0.15, 0.2) is 12.1 Å². The van der Waals surface area contributed by atoms with Gasteiger partial charge in [0, 0.05) is 6.07 Å². The van der Waals surface area contributed by atoms with Crippen LogP contribution < -0.4 is 4.74 Å². The lowest BCUT2D eigenvalue weighted by atomic mass is 10.1. The number of rotatable bonds is 3. The van der Waals surface area contributed by atoms with Crippen LogP contribution in [-0.2, 0) is 4.74 Å². The molecule has 1 aromatic rings. The summed E-state index contributed by atoms with van der Waals surface area (Å²) in [5, 5.41) is 8.72. The quantitative estimate of drug-likeness (QED) is 0.629. The average molecular weight is 277 g/mol. The van der Waals surface area contributed by atoms with Gasteiger partial charge in [0.05, 0.1) is 12.2 Å². The van der Waals surface area contributed by atoms with E-state index < -0.39 is 35.0 Å². The fourth-order valence-electron chi connectivity index (χ4n) is 1.27. The number of benzene rings is 1. The smallest absolute Gasteiger partial charge is 0.462 e. The van der Waals surface area contributed by atoms with E-state index in [2.05, 4.69) is 9.47 Å². The van der Waals surface area contributed by atoms with Crippen LogP contribution in [0.3, 0.4) is 0 Å². The molecule has 1 rings (SSSR count). The predicted molar refractivity (Wildman–Crippen MR) is 53.8 cm³/mol. The molecular formula is C11H7F4NO3. The van der Waals surface area contributed by atoms with Crippen LogP contribution in [0.4, 0.5) is 17.6 Å². The van der Waals surface area contributed by atoms with Gasteiger partial charge in [0.15, 0.2) is 0 Å². The van der Waals surface area contributed by atoms with Crippen molar-refractivity contribution < 1.29 is 31.8 Å². The Morgan fingerprint density at radius 3 is 2.53 bits per heavy atom. The Kier molecular flexibility index (Phi) is 4.32. The van der Waals surface area contributed by atoms with Gasteiger partial charge in [-0.05, 0) is 13.0 Å². The second kappa shape index (κ2) is 5.56. The van der Waals surface area contributed by atoms with Gasteiger partial charge in [-0.2, -0.15) is 5.26 Å². The third kappa shape index (κ3) is 3.84. The van der Waals surface area contributed by atoms with Crippen molar-refractivity contribution in [2.75, 3.05) is 6.61 Å². The molecule has 0 aromatic heterocycles. The standard InChI is InChI=1S/C11H7F4NO3/c1-2-18-10(17)9-6(5-16)3-7(4-8(9)12)19-11(13,14)15/h3-4H,2H2,1H3. The highest BCUT2D eigenvalue weighted by atomic mass is 19.4. The van der Waals surface area contributed by atoms with Crippen LogP contribution in [-0.4, -0.2) is 18.9 Å². The first-order chi connectivity index (χ1) is 8.78. The minimum Gasteiger partial charge on any atom is -0.462 e. The number of nitriles is 1. The lowest BCUT2D eigenvalue weighted by molar-refractivity contribution is -0.274. The van der Waals surface area contributed by atoms with Crippen molar-refractivity contribution in [2.45, 2.75) is 13.3 Å². The highest BCUT2D eigenvalue weighted by molar-refractivity contribution is 5.92. The van der Waals surface area contributed by atoms with Crippen molar-refractivity contribution in [3.63, 3.8) is 0 Å². The molecule has 8 heteroatoms. The molecule has 1 aromatic carbocycles. The molecule has 0 bridgehead atoms. The van der Waals surface area contributed by atoms with Gasteiger partial charge in [0.1, 0.15) is 23.2 Å². The topological polar surface area (TPSA) is 59.3 Å². The Hall–Kier alpha value is -2.30. The normalized spacial score (nSPS) is 10.7. The molecule has 0 aliphatic rings. The molecule has 0 saturated carbocycles.